The van der Waals surface area contributed by atoms with Crippen molar-refractivity contribution in [3.05, 3.63) is 29.8 Å². The SMILES string of the molecule is CCNC(=NCCC(C)c1ccc(OC)cc1)NC1CCN(CC(F)F)CC1. The summed E-state index contributed by atoms with van der Waals surface area (Å²) in [6.07, 6.45) is 0.421. The van der Waals surface area contributed by atoms with Crippen LogP contribution in [-0.2, 0) is 0 Å². The summed E-state index contributed by atoms with van der Waals surface area (Å²) in [6, 6.07) is 8.46. The second-order valence-electron chi connectivity index (χ2n) is 7.33. The van der Waals surface area contributed by atoms with E-state index in [0.717, 1.165) is 44.1 Å². The normalized spacial score (nSPS) is 17.6. The van der Waals surface area contributed by atoms with Crippen LogP contribution in [0, 0.1) is 0 Å². The summed E-state index contributed by atoms with van der Waals surface area (Å²) >= 11 is 0. The molecule has 2 rings (SSSR count). The summed E-state index contributed by atoms with van der Waals surface area (Å²) in [5.41, 5.74) is 1.28. The Balaban J connectivity index is 1.79. The molecular weight excluding hydrogens is 362 g/mol. The molecule has 7 heteroatoms. The van der Waals surface area contributed by atoms with Gasteiger partial charge < -0.3 is 15.4 Å². The number of nitrogens with one attached hydrogen (secondary N) is 2. The fourth-order valence-corrected chi connectivity index (χ4v) is 3.44. The second kappa shape index (κ2) is 11.8. The van der Waals surface area contributed by atoms with E-state index in [9.17, 15) is 8.78 Å². The van der Waals surface area contributed by atoms with Crippen LogP contribution >= 0.6 is 0 Å². The van der Waals surface area contributed by atoms with Crippen LogP contribution in [0.4, 0.5) is 8.78 Å². The number of guanidine groups is 1. The molecule has 1 saturated heterocycles. The maximum atomic E-state index is 12.5. The highest BCUT2D eigenvalue weighted by atomic mass is 19.3. The molecule has 1 aliphatic heterocycles. The number of hydrogen-bond donors (Lipinski definition) is 2. The van der Waals surface area contributed by atoms with Crippen molar-refractivity contribution in [1.82, 2.24) is 15.5 Å². The van der Waals surface area contributed by atoms with Crippen LogP contribution in [0.15, 0.2) is 29.3 Å². The molecule has 1 atom stereocenters. The number of ether oxygens (including phenoxy) is 1. The maximum absolute atomic E-state index is 12.5. The zero-order valence-electron chi connectivity index (χ0n) is 17.3. The summed E-state index contributed by atoms with van der Waals surface area (Å²) in [6.45, 7) is 7.06. The minimum absolute atomic E-state index is 0.121. The molecule has 1 aliphatic rings. The maximum Gasteiger partial charge on any atom is 0.251 e. The van der Waals surface area contributed by atoms with Crippen molar-refractivity contribution in [3.8, 4) is 5.75 Å². The molecular formula is C21H34F2N4O. The molecule has 158 valence electrons. The molecule has 2 N–H and O–H groups in total. The van der Waals surface area contributed by atoms with Gasteiger partial charge in [0.1, 0.15) is 5.75 Å². The Labute approximate surface area is 167 Å². The molecule has 1 fully saturated rings. The molecule has 0 bridgehead atoms. The van der Waals surface area contributed by atoms with Gasteiger partial charge >= 0.3 is 0 Å². The van der Waals surface area contributed by atoms with E-state index >= 15 is 0 Å². The lowest BCUT2D eigenvalue weighted by molar-refractivity contribution is 0.0744. The van der Waals surface area contributed by atoms with E-state index in [2.05, 4.69) is 29.7 Å². The molecule has 0 amide bonds. The summed E-state index contributed by atoms with van der Waals surface area (Å²) in [5, 5.41) is 6.76. The van der Waals surface area contributed by atoms with Crippen LogP contribution in [0.2, 0.25) is 0 Å². The van der Waals surface area contributed by atoms with Gasteiger partial charge in [0.05, 0.1) is 13.7 Å². The molecule has 0 aromatic heterocycles. The number of halogens is 2. The van der Waals surface area contributed by atoms with Gasteiger partial charge in [0.25, 0.3) is 6.43 Å². The molecule has 0 spiro atoms. The van der Waals surface area contributed by atoms with Gasteiger partial charge in [-0.1, -0.05) is 19.1 Å². The summed E-state index contributed by atoms with van der Waals surface area (Å²) in [4.78, 5) is 6.55. The third-order valence-electron chi connectivity index (χ3n) is 5.19. The fraction of sp³-hybridized carbons (Fsp3) is 0.667. The lowest BCUT2D eigenvalue weighted by Gasteiger charge is -2.32. The van der Waals surface area contributed by atoms with E-state index in [1.807, 2.05) is 24.0 Å². The van der Waals surface area contributed by atoms with Crippen LogP contribution in [0.3, 0.4) is 0 Å². The van der Waals surface area contributed by atoms with E-state index in [4.69, 9.17) is 9.73 Å². The van der Waals surface area contributed by atoms with Gasteiger partial charge in [-0.15, -0.1) is 0 Å². The van der Waals surface area contributed by atoms with Crippen LogP contribution < -0.4 is 15.4 Å². The molecule has 28 heavy (non-hydrogen) atoms. The number of rotatable bonds is 9. The predicted octanol–water partition coefficient (Wildman–Crippen LogP) is 3.47. The number of piperidine rings is 1. The number of nitrogens with zero attached hydrogens (tertiary/aromatic N) is 2. The third-order valence-corrected chi connectivity index (χ3v) is 5.19. The van der Waals surface area contributed by atoms with Crippen LogP contribution in [0.5, 0.6) is 5.75 Å². The van der Waals surface area contributed by atoms with E-state index < -0.39 is 6.43 Å². The Kier molecular flexibility index (Phi) is 9.47. The third kappa shape index (κ3) is 7.62. The van der Waals surface area contributed by atoms with Gasteiger partial charge in [0.2, 0.25) is 0 Å². The first-order valence-corrected chi connectivity index (χ1v) is 10.2. The number of benzene rings is 1. The summed E-state index contributed by atoms with van der Waals surface area (Å²) < 4.78 is 30.2. The first-order chi connectivity index (χ1) is 13.5. The van der Waals surface area contributed by atoms with Crippen molar-refractivity contribution in [2.45, 2.75) is 51.5 Å². The smallest absolute Gasteiger partial charge is 0.251 e. The predicted molar refractivity (Wildman–Crippen MR) is 111 cm³/mol. The van der Waals surface area contributed by atoms with Crippen molar-refractivity contribution in [2.24, 2.45) is 4.99 Å². The lowest BCUT2D eigenvalue weighted by Crippen LogP contribution is -2.49. The number of hydrogen-bond acceptors (Lipinski definition) is 3. The first kappa shape index (κ1) is 22.4. The van der Waals surface area contributed by atoms with Crippen molar-refractivity contribution in [3.63, 3.8) is 0 Å². The standard InChI is InChI=1S/C21H34F2N4O/c1-4-24-21(26-18-10-13-27(14-11-18)15-20(22)23)25-12-9-16(2)17-5-7-19(28-3)8-6-17/h5-8,16,18,20H,4,9-15H2,1-3H3,(H2,24,25,26). The van der Waals surface area contributed by atoms with Gasteiger partial charge in [0.15, 0.2) is 5.96 Å². The van der Waals surface area contributed by atoms with E-state index in [1.165, 1.54) is 5.56 Å². The van der Waals surface area contributed by atoms with Crippen molar-refractivity contribution < 1.29 is 13.5 Å². The van der Waals surface area contributed by atoms with Gasteiger partial charge in [-0.3, -0.25) is 9.89 Å². The van der Waals surface area contributed by atoms with Gasteiger partial charge in [-0.25, -0.2) is 8.78 Å². The first-order valence-electron chi connectivity index (χ1n) is 10.2. The average Bonchev–Trinajstić information content (AvgIpc) is 2.69. The Morgan fingerprint density at radius 3 is 2.50 bits per heavy atom. The van der Waals surface area contributed by atoms with Crippen molar-refractivity contribution in [1.29, 1.82) is 0 Å². The monoisotopic (exact) mass is 396 g/mol. The van der Waals surface area contributed by atoms with Crippen LogP contribution in [0.1, 0.15) is 44.6 Å². The molecule has 1 aromatic carbocycles. The second-order valence-corrected chi connectivity index (χ2v) is 7.33. The van der Waals surface area contributed by atoms with Gasteiger partial charge in [-0.2, -0.15) is 0 Å². The quantitative estimate of drug-likeness (QED) is 0.496. The van der Waals surface area contributed by atoms with E-state index in [0.29, 0.717) is 19.0 Å². The Morgan fingerprint density at radius 2 is 1.93 bits per heavy atom. The van der Waals surface area contributed by atoms with Crippen LogP contribution in [0.25, 0.3) is 0 Å². The van der Waals surface area contributed by atoms with E-state index in [-0.39, 0.29) is 12.6 Å². The summed E-state index contributed by atoms with van der Waals surface area (Å²) in [5.74, 6) is 2.10. The minimum Gasteiger partial charge on any atom is -0.497 e. The molecule has 1 unspecified atom stereocenters. The minimum atomic E-state index is -2.25. The van der Waals surface area contributed by atoms with Crippen molar-refractivity contribution >= 4 is 5.96 Å². The van der Waals surface area contributed by atoms with Gasteiger partial charge in [-0.05, 0) is 49.8 Å². The summed E-state index contributed by atoms with van der Waals surface area (Å²) in [7, 11) is 1.67. The largest absolute Gasteiger partial charge is 0.497 e. The Hall–Kier alpha value is -1.89. The number of likely N-dealkylation sites (tertiary alicyclic amines) is 1. The highest BCUT2D eigenvalue weighted by molar-refractivity contribution is 5.80. The highest BCUT2D eigenvalue weighted by Gasteiger charge is 2.21. The Bertz CT molecular complexity index is 587. The fourth-order valence-electron chi connectivity index (χ4n) is 3.44. The van der Waals surface area contributed by atoms with Crippen molar-refractivity contribution in [2.75, 3.05) is 39.8 Å². The molecule has 0 radical (unpaired) electrons. The zero-order valence-corrected chi connectivity index (χ0v) is 17.3. The molecule has 1 heterocycles. The number of methoxy groups -OCH3 is 1. The molecule has 5 nitrogen and oxygen atoms in total. The Morgan fingerprint density at radius 1 is 1.25 bits per heavy atom. The average molecular weight is 397 g/mol. The molecule has 1 aromatic rings. The number of alkyl halides is 2. The lowest BCUT2D eigenvalue weighted by atomic mass is 9.98. The van der Waals surface area contributed by atoms with Crippen LogP contribution in [-0.4, -0.2) is 63.2 Å². The zero-order chi connectivity index (χ0) is 20.4. The topological polar surface area (TPSA) is 48.9 Å². The van der Waals surface area contributed by atoms with Gasteiger partial charge in [0, 0.05) is 32.2 Å². The molecule has 0 aliphatic carbocycles. The van der Waals surface area contributed by atoms with E-state index in [1.54, 1.807) is 7.11 Å². The highest BCUT2D eigenvalue weighted by Crippen LogP contribution is 2.21. The molecule has 0 saturated carbocycles. The number of aliphatic imine (C=N–C) groups is 1.